The molecular formula is C12H13BrClF. The third-order valence-electron chi connectivity index (χ3n) is 2.41. The SMILES string of the molecule is C=CC(C)(CCl)Cc1ccc(Br)cc1F. The number of alkyl halides is 1. The summed E-state index contributed by atoms with van der Waals surface area (Å²) in [6.45, 7) is 5.70. The number of rotatable bonds is 4. The molecule has 0 aliphatic carbocycles. The van der Waals surface area contributed by atoms with Gasteiger partial charge in [0.25, 0.3) is 0 Å². The minimum Gasteiger partial charge on any atom is -0.207 e. The Labute approximate surface area is 103 Å². The van der Waals surface area contributed by atoms with Crippen molar-refractivity contribution in [1.29, 1.82) is 0 Å². The van der Waals surface area contributed by atoms with Gasteiger partial charge in [0.2, 0.25) is 0 Å². The molecule has 1 rings (SSSR count). The van der Waals surface area contributed by atoms with Crippen LogP contribution in [-0.2, 0) is 6.42 Å². The number of hydrogen-bond acceptors (Lipinski definition) is 0. The lowest BCUT2D eigenvalue weighted by Crippen LogP contribution is -2.19. The summed E-state index contributed by atoms with van der Waals surface area (Å²) in [6.07, 6.45) is 2.35. The zero-order valence-electron chi connectivity index (χ0n) is 8.56. The van der Waals surface area contributed by atoms with Crippen LogP contribution in [0.4, 0.5) is 4.39 Å². The maximum Gasteiger partial charge on any atom is 0.127 e. The van der Waals surface area contributed by atoms with E-state index in [2.05, 4.69) is 22.5 Å². The van der Waals surface area contributed by atoms with E-state index in [4.69, 9.17) is 11.6 Å². The highest BCUT2D eigenvalue weighted by atomic mass is 79.9. The highest BCUT2D eigenvalue weighted by Crippen LogP contribution is 2.27. The molecular weight excluding hydrogens is 278 g/mol. The van der Waals surface area contributed by atoms with E-state index >= 15 is 0 Å². The van der Waals surface area contributed by atoms with E-state index in [-0.39, 0.29) is 11.2 Å². The smallest absolute Gasteiger partial charge is 0.127 e. The quantitative estimate of drug-likeness (QED) is 0.563. The summed E-state index contributed by atoms with van der Waals surface area (Å²) < 4.78 is 14.3. The molecule has 15 heavy (non-hydrogen) atoms. The molecule has 0 aliphatic heterocycles. The van der Waals surface area contributed by atoms with Crippen molar-refractivity contribution < 1.29 is 4.39 Å². The molecule has 0 N–H and O–H groups in total. The molecule has 0 radical (unpaired) electrons. The van der Waals surface area contributed by atoms with Crippen LogP contribution in [-0.4, -0.2) is 5.88 Å². The third-order valence-corrected chi connectivity index (χ3v) is 3.51. The van der Waals surface area contributed by atoms with Crippen molar-refractivity contribution in [1.82, 2.24) is 0 Å². The Morgan fingerprint density at radius 1 is 1.60 bits per heavy atom. The molecule has 0 saturated heterocycles. The van der Waals surface area contributed by atoms with Crippen LogP contribution in [0.1, 0.15) is 12.5 Å². The van der Waals surface area contributed by atoms with E-state index < -0.39 is 0 Å². The van der Waals surface area contributed by atoms with Gasteiger partial charge < -0.3 is 0 Å². The van der Waals surface area contributed by atoms with E-state index in [9.17, 15) is 4.39 Å². The topological polar surface area (TPSA) is 0 Å². The number of allylic oxidation sites excluding steroid dienone is 1. The highest BCUT2D eigenvalue weighted by molar-refractivity contribution is 9.10. The molecule has 0 heterocycles. The Kier molecular flexibility index (Phi) is 4.35. The van der Waals surface area contributed by atoms with Gasteiger partial charge in [-0.1, -0.05) is 35.0 Å². The normalized spacial score (nSPS) is 14.7. The average Bonchev–Trinajstić information content (AvgIpc) is 2.22. The molecule has 0 aromatic heterocycles. The minimum absolute atomic E-state index is 0.206. The van der Waals surface area contributed by atoms with Crippen molar-refractivity contribution in [3.05, 3.63) is 46.7 Å². The molecule has 3 heteroatoms. The van der Waals surface area contributed by atoms with Crippen molar-refractivity contribution in [2.24, 2.45) is 5.41 Å². The minimum atomic E-state index is -0.254. The fraction of sp³-hybridized carbons (Fsp3) is 0.333. The lowest BCUT2D eigenvalue weighted by atomic mass is 9.85. The summed E-state index contributed by atoms with van der Waals surface area (Å²) in [5.74, 6) is 0.231. The molecule has 1 aromatic carbocycles. The molecule has 0 aliphatic rings. The van der Waals surface area contributed by atoms with Gasteiger partial charge in [-0.05, 0) is 24.1 Å². The van der Waals surface area contributed by atoms with Crippen LogP contribution in [0, 0.1) is 11.2 Å². The maximum atomic E-state index is 13.5. The molecule has 0 saturated carbocycles. The molecule has 0 spiro atoms. The van der Waals surface area contributed by atoms with Crippen LogP contribution in [0.15, 0.2) is 35.3 Å². The van der Waals surface area contributed by atoms with E-state index in [1.54, 1.807) is 12.1 Å². The third kappa shape index (κ3) is 3.32. The van der Waals surface area contributed by atoms with Gasteiger partial charge >= 0.3 is 0 Å². The Morgan fingerprint density at radius 2 is 2.27 bits per heavy atom. The van der Waals surface area contributed by atoms with Gasteiger partial charge in [-0.2, -0.15) is 0 Å². The molecule has 82 valence electrons. The Balaban J connectivity index is 2.94. The van der Waals surface area contributed by atoms with Crippen LogP contribution in [0.25, 0.3) is 0 Å². The summed E-state index contributed by atoms with van der Waals surface area (Å²) in [6, 6.07) is 5.07. The molecule has 0 nitrogen and oxygen atoms in total. The molecule has 0 fully saturated rings. The first-order chi connectivity index (χ1) is 7.00. The summed E-state index contributed by atoms with van der Waals surface area (Å²) >= 11 is 9.06. The van der Waals surface area contributed by atoms with Crippen molar-refractivity contribution in [2.75, 3.05) is 5.88 Å². The Bertz CT molecular complexity index is 365. The van der Waals surface area contributed by atoms with Crippen LogP contribution in [0.5, 0.6) is 0 Å². The lowest BCUT2D eigenvalue weighted by Gasteiger charge is -2.22. The molecule has 0 bridgehead atoms. The van der Waals surface area contributed by atoms with Gasteiger partial charge in [-0.3, -0.25) is 0 Å². The summed E-state index contributed by atoms with van der Waals surface area (Å²) in [5, 5.41) is 0. The van der Waals surface area contributed by atoms with E-state index in [0.29, 0.717) is 17.9 Å². The van der Waals surface area contributed by atoms with Gasteiger partial charge in [0.15, 0.2) is 0 Å². The van der Waals surface area contributed by atoms with Gasteiger partial charge in [0.05, 0.1) is 0 Å². The van der Waals surface area contributed by atoms with Gasteiger partial charge in [0.1, 0.15) is 5.82 Å². The second kappa shape index (κ2) is 5.13. The van der Waals surface area contributed by atoms with Crippen LogP contribution >= 0.6 is 27.5 Å². The number of halogens is 3. The maximum absolute atomic E-state index is 13.5. The van der Waals surface area contributed by atoms with Crippen LogP contribution in [0.2, 0.25) is 0 Å². The van der Waals surface area contributed by atoms with Crippen LogP contribution < -0.4 is 0 Å². The number of benzene rings is 1. The molecule has 1 aromatic rings. The largest absolute Gasteiger partial charge is 0.207 e. The van der Waals surface area contributed by atoms with Crippen molar-refractivity contribution >= 4 is 27.5 Å². The van der Waals surface area contributed by atoms with E-state index in [0.717, 1.165) is 4.47 Å². The van der Waals surface area contributed by atoms with Crippen molar-refractivity contribution in [2.45, 2.75) is 13.3 Å². The Hall–Kier alpha value is -0.340. The molecule has 0 amide bonds. The fourth-order valence-electron chi connectivity index (χ4n) is 1.27. The van der Waals surface area contributed by atoms with Crippen molar-refractivity contribution in [3.8, 4) is 0 Å². The first-order valence-corrected chi connectivity index (χ1v) is 5.97. The fourth-order valence-corrected chi connectivity index (χ4v) is 1.81. The Morgan fingerprint density at radius 3 is 2.73 bits per heavy atom. The van der Waals surface area contributed by atoms with Gasteiger partial charge in [-0.25, -0.2) is 4.39 Å². The monoisotopic (exact) mass is 290 g/mol. The standard InChI is InChI=1S/C12H13BrClF/c1-3-12(2,8-14)7-9-4-5-10(13)6-11(9)15/h3-6H,1,7-8H2,2H3. The zero-order valence-corrected chi connectivity index (χ0v) is 10.9. The first-order valence-electron chi connectivity index (χ1n) is 4.64. The predicted molar refractivity (Wildman–Crippen MR) is 66.8 cm³/mol. The van der Waals surface area contributed by atoms with E-state index in [1.165, 1.54) is 6.07 Å². The van der Waals surface area contributed by atoms with Crippen LogP contribution in [0.3, 0.4) is 0 Å². The number of hydrogen-bond donors (Lipinski definition) is 0. The predicted octanol–water partition coefficient (Wildman–Crippen LogP) is 4.56. The van der Waals surface area contributed by atoms with Gasteiger partial charge in [0, 0.05) is 15.8 Å². The summed E-state index contributed by atoms with van der Waals surface area (Å²) in [7, 11) is 0. The molecule has 1 atom stereocenters. The zero-order chi connectivity index (χ0) is 11.5. The second-order valence-corrected chi connectivity index (χ2v) is 5.09. The molecule has 1 unspecified atom stereocenters. The van der Waals surface area contributed by atoms with Crippen molar-refractivity contribution in [3.63, 3.8) is 0 Å². The summed E-state index contributed by atoms with van der Waals surface area (Å²) in [5.41, 5.74) is 0.414. The van der Waals surface area contributed by atoms with E-state index in [1.807, 2.05) is 13.0 Å². The average molecular weight is 292 g/mol. The first kappa shape index (κ1) is 12.7. The highest BCUT2D eigenvalue weighted by Gasteiger charge is 2.21. The summed E-state index contributed by atoms with van der Waals surface area (Å²) in [4.78, 5) is 0. The lowest BCUT2D eigenvalue weighted by molar-refractivity contribution is 0.470. The second-order valence-electron chi connectivity index (χ2n) is 3.90. The van der Waals surface area contributed by atoms with Gasteiger partial charge in [-0.15, -0.1) is 18.2 Å².